The van der Waals surface area contributed by atoms with Crippen LogP contribution in [-0.4, -0.2) is 26.7 Å². The van der Waals surface area contributed by atoms with Crippen LogP contribution in [0, 0.1) is 5.41 Å². The molecule has 0 aliphatic heterocycles. The van der Waals surface area contributed by atoms with E-state index in [0.717, 1.165) is 19.3 Å². The van der Waals surface area contributed by atoms with Gasteiger partial charge in [0.15, 0.2) is 0 Å². The summed E-state index contributed by atoms with van der Waals surface area (Å²) in [5.74, 6) is 0.948. The Balaban J connectivity index is 2.11. The molecule has 0 radical (unpaired) electrons. The van der Waals surface area contributed by atoms with Gasteiger partial charge in [-0.3, -0.25) is 4.79 Å². The van der Waals surface area contributed by atoms with Gasteiger partial charge in [-0.25, -0.2) is 0 Å². The minimum absolute atomic E-state index is 0.0341. The van der Waals surface area contributed by atoms with Crippen molar-refractivity contribution in [2.24, 2.45) is 11.1 Å². The van der Waals surface area contributed by atoms with Gasteiger partial charge < -0.3 is 20.5 Å². The number of rotatable bonds is 6. The van der Waals surface area contributed by atoms with Gasteiger partial charge in [-0.05, 0) is 30.9 Å². The van der Waals surface area contributed by atoms with E-state index in [9.17, 15) is 4.79 Å². The normalized spacial score (nSPS) is 16.0. The van der Waals surface area contributed by atoms with E-state index in [2.05, 4.69) is 5.32 Å². The molecular weight excluding hydrogens is 292 g/mol. The van der Waals surface area contributed by atoms with E-state index in [0.29, 0.717) is 35.2 Å². The van der Waals surface area contributed by atoms with Crippen LogP contribution in [0.15, 0.2) is 12.1 Å². The summed E-state index contributed by atoms with van der Waals surface area (Å²) in [6.45, 7) is 0.543. The predicted octanol–water partition coefficient (Wildman–Crippen LogP) is 2.81. The summed E-state index contributed by atoms with van der Waals surface area (Å²) in [7, 11) is 3.06. The van der Waals surface area contributed by atoms with Gasteiger partial charge in [0.25, 0.3) is 0 Å². The van der Waals surface area contributed by atoms with E-state index >= 15 is 0 Å². The average molecular weight is 313 g/mol. The topological polar surface area (TPSA) is 73.6 Å². The fourth-order valence-electron chi connectivity index (χ4n) is 2.62. The first-order valence-electron chi connectivity index (χ1n) is 6.95. The Labute approximate surface area is 129 Å². The van der Waals surface area contributed by atoms with Gasteiger partial charge in [-0.1, -0.05) is 18.0 Å². The third kappa shape index (κ3) is 3.41. The van der Waals surface area contributed by atoms with Gasteiger partial charge in [-0.15, -0.1) is 0 Å². The Bertz CT molecular complexity index is 524. The van der Waals surface area contributed by atoms with Gasteiger partial charge >= 0.3 is 0 Å². The maximum Gasteiger partial charge on any atom is 0.225 e. The lowest BCUT2D eigenvalue weighted by Crippen LogP contribution is -2.40. The number of anilines is 1. The largest absolute Gasteiger partial charge is 0.495 e. The van der Waals surface area contributed by atoms with Gasteiger partial charge in [-0.2, -0.15) is 0 Å². The summed E-state index contributed by atoms with van der Waals surface area (Å²) in [5.41, 5.74) is 6.29. The molecule has 21 heavy (non-hydrogen) atoms. The molecule has 1 fully saturated rings. The number of carbonyl (C=O) groups is 1. The standard InChI is InChI=1S/C15H21ClN2O3/c1-20-12-7-13(21-2)11(6-10(12)16)18-14(19)8-15(9-17)4-3-5-15/h6-7H,3-5,8-9,17H2,1-2H3,(H,18,19). The second-order valence-corrected chi connectivity index (χ2v) is 5.88. The second-order valence-electron chi connectivity index (χ2n) is 5.47. The Hall–Kier alpha value is -1.46. The van der Waals surface area contributed by atoms with E-state index in [1.54, 1.807) is 12.1 Å². The minimum atomic E-state index is -0.0697. The number of hydrogen-bond donors (Lipinski definition) is 2. The molecule has 0 aromatic heterocycles. The maximum absolute atomic E-state index is 12.2. The Morgan fingerprint density at radius 3 is 2.48 bits per heavy atom. The van der Waals surface area contributed by atoms with Crippen molar-refractivity contribution in [3.8, 4) is 11.5 Å². The SMILES string of the molecule is COc1cc(OC)c(NC(=O)CC2(CN)CCC2)cc1Cl. The zero-order valence-corrected chi connectivity index (χ0v) is 13.1. The van der Waals surface area contributed by atoms with Crippen molar-refractivity contribution < 1.29 is 14.3 Å². The van der Waals surface area contributed by atoms with Gasteiger partial charge in [0, 0.05) is 12.5 Å². The molecule has 1 aromatic carbocycles. The number of carbonyl (C=O) groups excluding carboxylic acids is 1. The van der Waals surface area contributed by atoms with Crippen molar-refractivity contribution >= 4 is 23.2 Å². The van der Waals surface area contributed by atoms with E-state index in [4.69, 9.17) is 26.8 Å². The highest BCUT2D eigenvalue weighted by Gasteiger charge is 2.37. The molecule has 1 aliphatic rings. The number of amides is 1. The van der Waals surface area contributed by atoms with E-state index < -0.39 is 0 Å². The number of halogens is 1. The Morgan fingerprint density at radius 2 is 2.00 bits per heavy atom. The Morgan fingerprint density at radius 1 is 1.33 bits per heavy atom. The van der Waals surface area contributed by atoms with Crippen LogP contribution in [-0.2, 0) is 4.79 Å². The van der Waals surface area contributed by atoms with Crippen LogP contribution in [0.2, 0.25) is 5.02 Å². The van der Waals surface area contributed by atoms with E-state index in [1.165, 1.54) is 14.2 Å². The molecular formula is C15H21ClN2O3. The highest BCUT2D eigenvalue weighted by Crippen LogP contribution is 2.43. The lowest BCUT2D eigenvalue weighted by Gasteiger charge is -2.40. The number of nitrogens with two attached hydrogens (primary N) is 1. The highest BCUT2D eigenvalue weighted by molar-refractivity contribution is 6.32. The Kier molecular flexibility index (Phi) is 4.96. The first-order valence-corrected chi connectivity index (χ1v) is 7.33. The number of ether oxygens (including phenoxy) is 2. The summed E-state index contributed by atoms with van der Waals surface area (Å²) in [5, 5.41) is 3.27. The molecule has 0 spiro atoms. The minimum Gasteiger partial charge on any atom is -0.495 e. The first-order chi connectivity index (χ1) is 10.0. The number of benzene rings is 1. The quantitative estimate of drug-likeness (QED) is 0.847. The van der Waals surface area contributed by atoms with Gasteiger partial charge in [0.2, 0.25) is 5.91 Å². The molecule has 116 valence electrons. The molecule has 1 aromatic rings. The zero-order valence-electron chi connectivity index (χ0n) is 12.4. The van der Waals surface area contributed by atoms with Gasteiger partial charge in [0.05, 0.1) is 24.9 Å². The van der Waals surface area contributed by atoms with Crippen LogP contribution in [0.5, 0.6) is 11.5 Å². The number of nitrogens with one attached hydrogen (secondary N) is 1. The maximum atomic E-state index is 12.2. The fraction of sp³-hybridized carbons (Fsp3) is 0.533. The molecule has 0 heterocycles. The molecule has 0 saturated heterocycles. The van der Waals surface area contributed by atoms with Crippen LogP contribution in [0.1, 0.15) is 25.7 Å². The van der Waals surface area contributed by atoms with E-state index in [-0.39, 0.29) is 11.3 Å². The van der Waals surface area contributed by atoms with Gasteiger partial charge in [0.1, 0.15) is 11.5 Å². The molecule has 0 atom stereocenters. The summed E-state index contributed by atoms with van der Waals surface area (Å²) >= 11 is 6.09. The molecule has 1 amide bonds. The monoisotopic (exact) mass is 312 g/mol. The first kappa shape index (κ1) is 15.9. The molecule has 2 rings (SSSR count). The molecule has 3 N–H and O–H groups in total. The van der Waals surface area contributed by atoms with Crippen molar-refractivity contribution in [2.45, 2.75) is 25.7 Å². The molecule has 1 aliphatic carbocycles. The molecule has 0 unspecified atom stereocenters. The summed E-state index contributed by atoms with van der Waals surface area (Å²) < 4.78 is 10.4. The van der Waals surface area contributed by atoms with Crippen molar-refractivity contribution in [3.63, 3.8) is 0 Å². The molecule has 0 bridgehead atoms. The summed E-state index contributed by atoms with van der Waals surface area (Å²) in [6.07, 6.45) is 3.59. The predicted molar refractivity (Wildman–Crippen MR) is 83.1 cm³/mol. The van der Waals surface area contributed by atoms with Crippen molar-refractivity contribution in [3.05, 3.63) is 17.2 Å². The van der Waals surface area contributed by atoms with Crippen LogP contribution < -0.4 is 20.5 Å². The average Bonchev–Trinajstić information content (AvgIpc) is 2.43. The molecule has 1 saturated carbocycles. The van der Waals surface area contributed by atoms with Crippen molar-refractivity contribution in [2.75, 3.05) is 26.1 Å². The van der Waals surface area contributed by atoms with Crippen LogP contribution in [0.25, 0.3) is 0 Å². The molecule has 5 nitrogen and oxygen atoms in total. The lowest BCUT2D eigenvalue weighted by atomic mass is 9.66. The van der Waals surface area contributed by atoms with Crippen LogP contribution in [0.4, 0.5) is 5.69 Å². The van der Waals surface area contributed by atoms with Crippen molar-refractivity contribution in [1.82, 2.24) is 0 Å². The number of hydrogen-bond acceptors (Lipinski definition) is 4. The van der Waals surface area contributed by atoms with Crippen LogP contribution >= 0.6 is 11.6 Å². The third-order valence-corrected chi connectivity index (χ3v) is 4.43. The zero-order chi connectivity index (χ0) is 15.5. The number of methoxy groups -OCH3 is 2. The smallest absolute Gasteiger partial charge is 0.225 e. The van der Waals surface area contributed by atoms with E-state index in [1.807, 2.05) is 0 Å². The summed E-state index contributed by atoms with van der Waals surface area (Å²) in [6, 6.07) is 3.28. The van der Waals surface area contributed by atoms with Crippen LogP contribution in [0.3, 0.4) is 0 Å². The van der Waals surface area contributed by atoms with Crippen molar-refractivity contribution in [1.29, 1.82) is 0 Å². The second kappa shape index (κ2) is 6.54. The third-order valence-electron chi connectivity index (χ3n) is 4.13. The highest BCUT2D eigenvalue weighted by atomic mass is 35.5. The summed E-state index contributed by atoms with van der Waals surface area (Å²) in [4.78, 5) is 12.2. The molecule has 6 heteroatoms. The fourth-order valence-corrected chi connectivity index (χ4v) is 2.86. The lowest BCUT2D eigenvalue weighted by molar-refractivity contribution is -0.119.